The minimum Gasteiger partial charge on any atom is -0.349 e. The second-order valence-corrected chi connectivity index (χ2v) is 7.28. The fourth-order valence-electron chi connectivity index (χ4n) is 3.21. The highest BCUT2D eigenvalue weighted by molar-refractivity contribution is 5.89. The van der Waals surface area contributed by atoms with Crippen molar-refractivity contribution in [2.45, 2.75) is 38.6 Å². The van der Waals surface area contributed by atoms with Gasteiger partial charge in [0.05, 0.1) is 5.54 Å². The van der Waals surface area contributed by atoms with Crippen LogP contribution in [0.15, 0.2) is 42.5 Å². The lowest BCUT2D eigenvalue weighted by Crippen LogP contribution is -2.55. The zero-order valence-corrected chi connectivity index (χ0v) is 14.2. The maximum Gasteiger partial charge on any atom is 0.224 e. The Morgan fingerprint density at radius 2 is 1.96 bits per heavy atom. The van der Waals surface area contributed by atoms with Gasteiger partial charge in [-0.05, 0) is 41.5 Å². The molecule has 1 aliphatic rings. The Morgan fingerprint density at radius 3 is 2.65 bits per heavy atom. The molecule has 3 nitrogen and oxygen atoms in total. The maximum absolute atomic E-state index is 12.6. The molecule has 1 amide bonds. The monoisotopic (exact) mass is 310 g/mol. The highest BCUT2D eigenvalue weighted by atomic mass is 16.2. The number of carbonyl (C=O) groups excluding carboxylic acids is 1. The van der Waals surface area contributed by atoms with Crippen LogP contribution in [0.25, 0.3) is 10.8 Å². The zero-order valence-electron chi connectivity index (χ0n) is 14.2. The van der Waals surface area contributed by atoms with Crippen LogP contribution in [0.4, 0.5) is 0 Å². The predicted octanol–water partition coefficient (Wildman–Crippen LogP) is 3.43. The molecule has 0 aromatic heterocycles. The molecule has 0 aliphatic heterocycles. The van der Waals surface area contributed by atoms with Gasteiger partial charge >= 0.3 is 0 Å². The lowest BCUT2D eigenvalue weighted by molar-refractivity contribution is -0.124. The van der Waals surface area contributed by atoms with Crippen molar-refractivity contribution >= 4 is 16.7 Å². The van der Waals surface area contributed by atoms with E-state index in [9.17, 15) is 4.79 Å². The topological polar surface area (TPSA) is 55.1 Å². The average Bonchev–Trinajstić information content (AvgIpc) is 3.34. The van der Waals surface area contributed by atoms with Gasteiger partial charge in [0.25, 0.3) is 0 Å². The van der Waals surface area contributed by atoms with E-state index < -0.39 is 0 Å². The van der Waals surface area contributed by atoms with Gasteiger partial charge in [-0.3, -0.25) is 4.79 Å². The van der Waals surface area contributed by atoms with E-state index >= 15 is 0 Å². The molecule has 0 radical (unpaired) electrons. The van der Waals surface area contributed by atoms with E-state index in [2.05, 4.69) is 61.6 Å². The van der Waals surface area contributed by atoms with Crippen molar-refractivity contribution in [3.8, 4) is 0 Å². The maximum atomic E-state index is 12.6. The van der Waals surface area contributed by atoms with Crippen molar-refractivity contribution in [1.29, 1.82) is 0 Å². The van der Waals surface area contributed by atoms with Crippen LogP contribution in [0.1, 0.15) is 38.7 Å². The van der Waals surface area contributed by atoms with Gasteiger partial charge in [0.15, 0.2) is 0 Å². The molecule has 0 spiro atoms. The van der Waals surface area contributed by atoms with Crippen LogP contribution < -0.4 is 11.1 Å². The zero-order chi connectivity index (χ0) is 16.6. The van der Waals surface area contributed by atoms with Crippen LogP contribution in [0.3, 0.4) is 0 Å². The van der Waals surface area contributed by atoms with Crippen LogP contribution in [0.5, 0.6) is 0 Å². The summed E-state index contributed by atoms with van der Waals surface area (Å²) < 4.78 is 0. The molecule has 1 saturated carbocycles. The fraction of sp³-hybridized carbons (Fsp3) is 0.450. The molecule has 3 heteroatoms. The molecule has 3 atom stereocenters. The molecule has 2 aromatic rings. The van der Waals surface area contributed by atoms with Crippen molar-refractivity contribution in [1.82, 2.24) is 5.32 Å². The Morgan fingerprint density at radius 1 is 1.26 bits per heavy atom. The first-order valence-corrected chi connectivity index (χ1v) is 8.46. The molecule has 0 bridgehead atoms. The number of fused-ring (bicyclic) bond motifs is 1. The summed E-state index contributed by atoms with van der Waals surface area (Å²) in [6.07, 6.45) is 0.929. The molecule has 3 unspecified atom stereocenters. The summed E-state index contributed by atoms with van der Waals surface area (Å²) in [5, 5.41) is 5.69. The Labute approximate surface area is 138 Å². The molecule has 0 saturated heterocycles. The molecule has 0 heterocycles. The quantitative estimate of drug-likeness (QED) is 0.889. The Hall–Kier alpha value is -1.87. The highest BCUT2D eigenvalue weighted by Crippen LogP contribution is 2.49. The third-order valence-electron chi connectivity index (χ3n) is 5.46. The Kier molecular flexibility index (Phi) is 4.15. The smallest absolute Gasteiger partial charge is 0.224 e. The SMILES string of the molecule is CC(C)C(C)(CN)NC(=O)C1CC1c1cccc2ccccc12. The summed E-state index contributed by atoms with van der Waals surface area (Å²) in [5.74, 6) is 0.858. The first-order chi connectivity index (χ1) is 11.0. The van der Waals surface area contributed by atoms with Crippen molar-refractivity contribution in [2.75, 3.05) is 6.54 Å². The summed E-state index contributed by atoms with van der Waals surface area (Å²) in [4.78, 5) is 12.6. The molecule has 23 heavy (non-hydrogen) atoms. The largest absolute Gasteiger partial charge is 0.349 e. The van der Waals surface area contributed by atoms with E-state index in [1.54, 1.807) is 0 Å². The van der Waals surface area contributed by atoms with E-state index in [-0.39, 0.29) is 17.4 Å². The lowest BCUT2D eigenvalue weighted by atomic mass is 9.88. The number of amides is 1. The van der Waals surface area contributed by atoms with Crippen molar-refractivity contribution < 1.29 is 4.79 Å². The van der Waals surface area contributed by atoms with E-state index in [4.69, 9.17) is 5.73 Å². The number of hydrogen-bond acceptors (Lipinski definition) is 2. The second-order valence-electron chi connectivity index (χ2n) is 7.28. The number of rotatable bonds is 5. The summed E-state index contributed by atoms with van der Waals surface area (Å²) >= 11 is 0. The molecule has 1 aliphatic carbocycles. The van der Waals surface area contributed by atoms with Crippen LogP contribution in [-0.4, -0.2) is 18.0 Å². The highest BCUT2D eigenvalue weighted by Gasteiger charge is 2.46. The van der Waals surface area contributed by atoms with Crippen LogP contribution in [0.2, 0.25) is 0 Å². The first kappa shape index (κ1) is 16.0. The number of carbonyl (C=O) groups is 1. The molecule has 122 valence electrons. The summed E-state index contributed by atoms with van der Waals surface area (Å²) in [6, 6.07) is 14.8. The molecular weight excluding hydrogens is 284 g/mol. The van der Waals surface area contributed by atoms with E-state index in [1.165, 1.54) is 16.3 Å². The van der Waals surface area contributed by atoms with Crippen LogP contribution in [-0.2, 0) is 4.79 Å². The normalized spacial score (nSPS) is 22.8. The lowest BCUT2D eigenvalue weighted by Gasteiger charge is -2.33. The van der Waals surface area contributed by atoms with E-state index in [1.807, 2.05) is 6.92 Å². The van der Waals surface area contributed by atoms with Gasteiger partial charge in [-0.15, -0.1) is 0 Å². The number of nitrogens with one attached hydrogen (secondary N) is 1. The number of nitrogens with two attached hydrogens (primary N) is 1. The van der Waals surface area contributed by atoms with Gasteiger partial charge in [-0.1, -0.05) is 56.3 Å². The Balaban J connectivity index is 1.77. The van der Waals surface area contributed by atoms with Gasteiger partial charge in [-0.2, -0.15) is 0 Å². The third kappa shape index (κ3) is 2.98. The minimum atomic E-state index is -0.330. The van der Waals surface area contributed by atoms with Gasteiger partial charge in [0.1, 0.15) is 0 Å². The van der Waals surface area contributed by atoms with Crippen molar-refractivity contribution in [2.24, 2.45) is 17.6 Å². The summed E-state index contributed by atoms with van der Waals surface area (Å²) in [6.45, 7) is 6.69. The van der Waals surface area contributed by atoms with E-state index in [0.717, 1.165) is 6.42 Å². The van der Waals surface area contributed by atoms with Crippen LogP contribution >= 0.6 is 0 Å². The van der Waals surface area contributed by atoms with Crippen molar-refractivity contribution in [3.05, 3.63) is 48.0 Å². The van der Waals surface area contributed by atoms with E-state index in [0.29, 0.717) is 18.4 Å². The van der Waals surface area contributed by atoms with Gasteiger partial charge < -0.3 is 11.1 Å². The van der Waals surface area contributed by atoms with Gasteiger partial charge in [-0.25, -0.2) is 0 Å². The molecular formula is C20H26N2O. The minimum absolute atomic E-state index is 0.0745. The van der Waals surface area contributed by atoms with Gasteiger partial charge in [0.2, 0.25) is 5.91 Å². The second kappa shape index (κ2) is 5.97. The predicted molar refractivity (Wildman–Crippen MR) is 95.2 cm³/mol. The summed E-state index contributed by atoms with van der Waals surface area (Å²) in [5.41, 5.74) is 6.85. The fourth-order valence-corrected chi connectivity index (χ4v) is 3.21. The number of hydrogen-bond donors (Lipinski definition) is 2. The molecule has 3 rings (SSSR count). The molecule has 2 aromatic carbocycles. The first-order valence-electron chi connectivity index (χ1n) is 8.46. The summed E-state index contributed by atoms with van der Waals surface area (Å²) in [7, 11) is 0. The number of benzene rings is 2. The third-order valence-corrected chi connectivity index (χ3v) is 5.46. The van der Waals surface area contributed by atoms with Crippen LogP contribution in [0, 0.1) is 11.8 Å². The molecule has 1 fully saturated rings. The molecule has 3 N–H and O–H groups in total. The van der Waals surface area contributed by atoms with Crippen molar-refractivity contribution in [3.63, 3.8) is 0 Å². The standard InChI is InChI=1S/C20H26N2O/c1-13(2)20(3,12-21)22-19(23)18-11-17(18)16-10-6-8-14-7-4-5-9-15(14)16/h4-10,13,17-18H,11-12,21H2,1-3H3,(H,22,23). The Bertz CT molecular complexity index is 719. The van der Waals surface area contributed by atoms with Gasteiger partial charge in [0, 0.05) is 12.5 Å². The average molecular weight is 310 g/mol.